The lowest BCUT2D eigenvalue weighted by Crippen LogP contribution is -2.52. The Morgan fingerprint density at radius 2 is 2.50 bits per heavy atom. The lowest BCUT2D eigenvalue weighted by molar-refractivity contribution is -0.141. The second-order valence-corrected chi connectivity index (χ2v) is 4.83. The molecule has 1 aliphatic heterocycles. The van der Waals surface area contributed by atoms with E-state index in [0.29, 0.717) is 26.1 Å². The number of aliphatic hydroxyl groups is 1. The molecule has 3 N–H and O–H groups in total. The number of ether oxygens (including phenoxy) is 1. The molecule has 1 unspecified atom stereocenters. The second kappa shape index (κ2) is 7.11. The summed E-state index contributed by atoms with van der Waals surface area (Å²) in [6.07, 6.45) is 2.43. The number of hydrogen-bond acceptors (Lipinski definition) is 5. The van der Waals surface area contributed by atoms with Crippen LogP contribution in [-0.4, -0.2) is 66.4 Å². The van der Waals surface area contributed by atoms with Crippen molar-refractivity contribution in [3.8, 4) is 0 Å². The van der Waals surface area contributed by atoms with Crippen LogP contribution in [0.4, 0.5) is 0 Å². The highest BCUT2D eigenvalue weighted by molar-refractivity contribution is 7.98. The Labute approximate surface area is 100 Å². The van der Waals surface area contributed by atoms with Crippen LogP contribution >= 0.6 is 11.8 Å². The lowest BCUT2D eigenvalue weighted by Gasteiger charge is -2.33. The monoisotopic (exact) mass is 248 g/mol. The van der Waals surface area contributed by atoms with Crippen LogP contribution in [0.2, 0.25) is 0 Å². The van der Waals surface area contributed by atoms with E-state index in [9.17, 15) is 4.79 Å². The topological polar surface area (TPSA) is 75.8 Å². The number of morpholine rings is 1. The van der Waals surface area contributed by atoms with Gasteiger partial charge in [0.2, 0.25) is 5.91 Å². The maximum Gasteiger partial charge on any atom is 0.239 e. The third-order valence-electron chi connectivity index (χ3n) is 2.60. The summed E-state index contributed by atoms with van der Waals surface area (Å²) < 4.78 is 5.28. The SMILES string of the molecule is CSCC[C@H](N)C(=O)N1CCOC(CO)C1. The third-order valence-corrected chi connectivity index (χ3v) is 3.25. The van der Waals surface area contributed by atoms with Gasteiger partial charge >= 0.3 is 0 Å². The number of rotatable bonds is 5. The van der Waals surface area contributed by atoms with E-state index >= 15 is 0 Å². The van der Waals surface area contributed by atoms with Gasteiger partial charge in [-0.25, -0.2) is 0 Å². The molecule has 6 heteroatoms. The molecule has 94 valence electrons. The molecular weight excluding hydrogens is 228 g/mol. The molecule has 1 saturated heterocycles. The van der Waals surface area contributed by atoms with Crippen LogP contribution in [0.15, 0.2) is 0 Å². The normalized spacial score (nSPS) is 23.2. The number of thioether (sulfide) groups is 1. The van der Waals surface area contributed by atoms with Crippen molar-refractivity contribution in [1.29, 1.82) is 0 Å². The molecule has 1 rings (SSSR count). The van der Waals surface area contributed by atoms with Crippen molar-refractivity contribution >= 4 is 17.7 Å². The molecule has 0 radical (unpaired) electrons. The first kappa shape index (κ1) is 13.8. The number of amides is 1. The molecule has 0 aromatic heterocycles. The zero-order chi connectivity index (χ0) is 12.0. The second-order valence-electron chi connectivity index (χ2n) is 3.85. The maximum atomic E-state index is 11.9. The highest BCUT2D eigenvalue weighted by atomic mass is 32.2. The van der Waals surface area contributed by atoms with Gasteiger partial charge in [-0.15, -0.1) is 0 Å². The maximum absolute atomic E-state index is 11.9. The molecule has 5 nitrogen and oxygen atoms in total. The van der Waals surface area contributed by atoms with Gasteiger partial charge in [0, 0.05) is 13.1 Å². The standard InChI is InChI=1S/C10H20N2O3S/c1-16-5-2-9(11)10(14)12-3-4-15-8(6-12)7-13/h8-9,13H,2-7,11H2,1H3/t8?,9-/m0/s1. The molecule has 0 saturated carbocycles. The largest absolute Gasteiger partial charge is 0.394 e. The number of carbonyl (C=O) groups excluding carboxylic acids is 1. The van der Waals surface area contributed by atoms with E-state index in [1.54, 1.807) is 16.7 Å². The molecule has 0 aromatic rings. The minimum absolute atomic E-state index is 0.0317. The summed E-state index contributed by atoms with van der Waals surface area (Å²) in [5.41, 5.74) is 5.81. The van der Waals surface area contributed by atoms with Crippen molar-refractivity contribution in [1.82, 2.24) is 4.90 Å². The molecule has 0 aromatic carbocycles. The van der Waals surface area contributed by atoms with E-state index in [2.05, 4.69) is 0 Å². The molecule has 0 aliphatic carbocycles. The molecule has 1 heterocycles. The average molecular weight is 248 g/mol. The highest BCUT2D eigenvalue weighted by Gasteiger charge is 2.26. The number of nitrogens with zero attached hydrogens (tertiary/aromatic N) is 1. The van der Waals surface area contributed by atoms with Crippen LogP contribution < -0.4 is 5.73 Å². The number of nitrogens with two attached hydrogens (primary N) is 1. The Bertz CT molecular complexity index is 228. The van der Waals surface area contributed by atoms with Gasteiger partial charge < -0.3 is 20.5 Å². The van der Waals surface area contributed by atoms with Crippen molar-refractivity contribution in [3.63, 3.8) is 0 Å². The van der Waals surface area contributed by atoms with Gasteiger partial charge in [0.15, 0.2) is 0 Å². The molecule has 0 bridgehead atoms. The number of hydrogen-bond donors (Lipinski definition) is 2. The number of carbonyl (C=O) groups is 1. The lowest BCUT2D eigenvalue weighted by atomic mass is 10.2. The Kier molecular flexibility index (Phi) is 6.12. The van der Waals surface area contributed by atoms with Gasteiger partial charge in [-0.05, 0) is 18.4 Å². The van der Waals surface area contributed by atoms with Gasteiger partial charge in [0.25, 0.3) is 0 Å². The molecule has 16 heavy (non-hydrogen) atoms. The van der Waals surface area contributed by atoms with Crippen LogP contribution in [0.25, 0.3) is 0 Å². The van der Waals surface area contributed by atoms with E-state index in [-0.39, 0.29) is 18.6 Å². The van der Waals surface area contributed by atoms with Crippen molar-refractivity contribution in [2.45, 2.75) is 18.6 Å². The Morgan fingerprint density at radius 1 is 1.75 bits per heavy atom. The first-order chi connectivity index (χ1) is 7.69. The van der Waals surface area contributed by atoms with E-state index in [1.807, 2.05) is 6.26 Å². The fourth-order valence-electron chi connectivity index (χ4n) is 1.63. The quantitative estimate of drug-likeness (QED) is 0.672. The fourth-order valence-corrected chi connectivity index (χ4v) is 2.12. The van der Waals surface area contributed by atoms with E-state index < -0.39 is 6.04 Å². The zero-order valence-corrected chi connectivity index (χ0v) is 10.4. The van der Waals surface area contributed by atoms with Crippen molar-refractivity contribution in [3.05, 3.63) is 0 Å². The highest BCUT2D eigenvalue weighted by Crippen LogP contribution is 2.08. The van der Waals surface area contributed by atoms with Gasteiger partial charge in [0.1, 0.15) is 0 Å². The molecule has 1 aliphatic rings. The number of aliphatic hydroxyl groups excluding tert-OH is 1. The third kappa shape index (κ3) is 3.93. The fraction of sp³-hybridized carbons (Fsp3) is 0.900. The zero-order valence-electron chi connectivity index (χ0n) is 9.59. The average Bonchev–Trinajstić information content (AvgIpc) is 2.35. The van der Waals surface area contributed by atoms with Crippen molar-refractivity contribution in [2.24, 2.45) is 5.73 Å². The first-order valence-electron chi connectivity index (χ1n) is 5.44. The summed E-state index contributed by atoms with van der Waals surface area (Å²) in [6, 6.07) is -0.426. The van der Waals surface area contributed by atoms with Crippen LogP contribution in [0.3, 0.4) is 0 Å². The molecule has 1 amide bonds. The summed E-state index contributed by atoms with van der Waals surface area (Å²) >= 11 is 1.68. The minimum atomic E-state index is -0.426. The smallest absolute Gasteiger partial charge is 0.239 e. The van der Waals surface area contributed by atoms with Crippen LogP contribution in [-0.2, 0) is 9.53 Å². The molecule has 2 atom stereocenters. The van der Waals surface area contributed by atoms with E-state index in [1.165, 1.54) is 0 Å². The molecule has 1 fully saturated rings. The summed E-state index contributed by atoms with van der Waals surface area (Å²) in [5.74, 6) is 0.858. The van der Waals surface area contributed by atoms with E-state index in [0.717, 1.165) is 5.75 Å². The minimum Gasteiger partial charge on any atom is -0.394 e. The van der Waals surface area contributed by atoms with E-state index in [4.69, 9.17) is 15.6 Å². The Balaban J connectivity index is 2.40. The van der Waals surface area contributed by atoms with Crippen molar-refractivity contribution in [2.75, 3.05) is 38.3 Å². The van der Waals surface area contributed by atoms with Gasteiger partial charge in [0.05, 0.1) is 25.4 Å². The van der Waals surface area contributed by atoms with Gasteiger partial charge in [-0.2, -0.15) is 11.8 Å². The summed E-state index contributed by atoms with van der Waals surface area (Å²) in [7, 11) is 0. The van der Waals surface area contributed by atoms with Crippen LogP contribution in [0.5, 0.6) is 0 Å². The van der Waals surface area contributed by atoms with Gasteiger partial charge in [-0.1, -0.05) is 0 Å². The predicted molar refractivity (Wildman–Crippen MR) is 64.4 cm³/mol. The van der Waals surface area contributed by atoms with Crippen LogP contribution in [0.1, 0.15) is 6.42 Å². The predicted octanol–water partition coefficient (Wildman–Crippen LogP) is -0.713. The molecule has 0 spiro atoms. The molecular formula is C10H20N2O3S. The summed E-state index contributed by atoms with van der Waals surface area (Å²) in [4.78, 5) is 13.6. The van der Waals surface area contributed by atoms with Gasteiger partial charge in [-0.3, -0.25) is 4.79 Å². The Hall–Kier alpha value is -0.300. The summed E-state index contributed by atoms with van der Waals surface area (Å²) in [5, 5.41) is 8.97. The summed E-state index contributed by atoms with van der Waals surface area (Å²) in [6.45, 7) is 1.45. The van der Waals surface area contributed by atoms with Crippen molar-refractivity contribution < 1.29 is 14.6 Å². The Morgan fingerprint density at radius 3 is 3.12 bits per heavy atom. The van der Waals surface area contributed by atoms with Crippen LogP contribution in [0, 0.1) is 0 Å². The first-order valence-corrected chi connectivity index (χ1v) is 6.84.